The minimum absolute atomic E-state index is 0.0638. The lowest BCUT2D eigenvalue weighted by atomic mass is 9.65. The van der Waals surface area contributed by atoms with E-state index in [0.717, 1.165) is 17.7 Å². The van der Waals surface area contributed by atoms with E-state index in [9.17, 15) is 45.6 Å². The number of rotatable bonds is 6. The molecular weight excluding hydrogens is 552 g/mol. The number of benzene rings is 4. The highest BCUT2D eigenvalue weighted by atomic mass is 16.3. The Morgan fingerprint density at radius 2 is 1.28 bits per heavy atom. The lowest BCUT2D eigenvalue weighted by Gasteiger charge is -2.37. The number of carbonyl (C=O) groups is 1. The molecular formula is C34H30O9. The minimum atomic E-state index is -0.982. The Morgan fingerprint density at radius 3 is 1.93 bits per heavy atom. The Morgan fingerprint density at radius 1 is 0.651 bits per heavy atom. The van der Waals surface area contributed by atoms with Crippen molar-refractivity contribution in [3.05, 3.63) is 106 Å². The SMILES string of the molecule is CC1=C[C@H](c2cc(/C=C/c3cc(O)cc(O)c3)c(O)cc2O)[C@@H](C(=O)c2ccc(O)cc2O)[C@H](c2ccc(O)cc2O)C1. The van der Waals surface area contributed by atoms with E-state index in [4.69, 9.17) is 0 Å². The van der Waals surface area contributed by atoms with Crippen LogP contribution in [0.3, 0.4) is 0 Å². The standard InChI is InChI=1S/C34H30O9/c1-17-8-27(24-6-4-20(35)14-30(24)40)33(34(43)25-7-5-21(36)15-31(25)41)28(9-17)26-12-19(29(39)16-32(26)42)3-2-18-10-22(37)13-23(38)11-18/h2-7,9-16,27-28,33,35-42H,8H2,1H3/b3-2+/t27-,28+,33-/m0/s1. The molecule has 0 fully saturated rings. The number of phenols is 8. The van der Waals surface area contributed by atoms with E-state index in [1.807, 2.05) is 13.0 Å². The Bertz CT molecular complexity index is 1770. The van der Waals surface area contributed by atoms with Gasteiger partial charge in [0.25, 0.3) is 0 Å². The van der Waals surface area contributed by atoms with Crippen molar-refractivity contribution >= 4 is 17.9 Å². The first-order valence-corrected chi connectivity index (χ1v) is 13.4. The molecule has 3 atom stereocenters. The third-order valence-electron chi connectivity index (χ3n) is 7.70. The summed E-state index contributed by atoms with van der Waals surface area (Å²) in [7, 11) is 0. The van der Waals surface area contributed by atoms with E-state index in [-0.39, 0.29) is 56.9 Å². The van der Waals surface area contributed by atoms with Crippen LogP contribution >= 0.6 is 0 Å². The molecule has 1 aliphatic carbocycles. The summed E-state index contributed by atoms with van der Waals surface area (Å²) < 4.78 is 0. The summed E-state index contributed by atoms with van der Waals surface area (Å²) in [6, 6.07) is 14.4. The van der Waals surface area contributed by atoms with E-state index in [1.165, 1.54) is 60.7 Å². The topological polar surface area (TPSA) is 179 Å². The molecule has 9 nitrogen and oxygen atoms in total. The summed E-state index contributed by atoms with van der Waals surface area (Å²) in [5.74, 6) is -4.85. The third kappa shape index (κ3) is 5.92. The second kappa shape index (κ2) is 11.4. The van der Waals surface area contributed by atoms with Crippen molar-refractivity contribution in [2.45, 2.75) is 25.2 Å². The molecule has 5 rings (SSSR count). The fourth-order valence-corrected chi connectivity index (χ4v) is 5.80. The van der Waals surface area contributed by atoms with Crippen molar-refractivity contribution in [3.63, 3.8) is 0 Å². The van der Waals surface area contributed by atoms with E-state index >= 15 is 0 Å². The Hall–Kier alpha value is -5.57. The number of allylic oxidation sites excluding steroid dienone is 2. The summed E-state index contributed by atoms with van der Waals surface area (Å²) in [4.78, 5) is 14.2. The van der Waals surface area contributed by atoms with Gasteiger partial charge in [-0.05, 0) is 60.9 Å². The minimum Gasteiger partial charge on any atom is -0.508 e. The van der Waals surface area contributed by atoms with Crippen LogP contribution in [0.15, 0.2) is 78.4 Å². The summed E-state index contributed by atoms with van der Waals surface area (Å²) in [5.41, 5.74) is 2.17. The first-order chi connectivity index (χ1) is 20.4. The van der Waals surface area contributed by atoms with Crippen LogP contribution in [0.25, 0.3) is 12.2 Å². The van der Waals surface area contributed by atoms with Gasteiger partial charge >= 0.3 is 0 Å². The summed E-state index contributed by atoms with van der Waals surface area (Å²) in [6.07, 6.45) is 5.24. The number of phenolic OH excluding ortho intramolecular Hbond substituents is 8. The number of Topliss-reactive ketones (excluding diaryl/α,β-unsaturated/α-hetero) is 1. The number of aromatic hydroxyl groups is 8. The van der Waals surface area contributed by atoms with Gasteiger partial charge < -0.3 is 40.9 Å². The highest BCUT2D eigenvalue weighted by molar-refractivity contribution is 6.02. The van der Waals surface area contributed by atoms with Crippen molar-refractivity contribution in [1.29, 1.82) is 0 Å². The molecule has 43 heavy (non-hydrogen) atoms. The van der Waals surface area contributed by atoms with Crippen LogP contribution in [0.5, 0.6) is 46.0 Å². The van der Waals surface area contributed by atoms with Crippen LogP contribution in [0.1, 0.15) is 57.8 Å². The molecule has 220 valence electrons. The molecule has 4 aromatic rings. The maximum absolute atomic E-state index is 14.2. The predicted octanol–water partition coefficient (Wildman–Crippen LogP) is 6.22. The zero-order valence-corrected chi connectivity index (χ0v) is 23.0. The van der Waals surface area contributed by atoms with E-state index in [1.54, 1.807) is 6.08 Å². The molecule has 0 bridgehead atoms. The number of hydrogen-bond acceptors (Lipinski definition) is 9. The average Bonchev–Trinajstić information content (AvgIpc) is 2.91. The van der Waals surface area contributed by atoms with Gasteiger partial charge in [-0.1, -0.05) is 29.9 Å². The monoisotopic (exact) mass is 582 g/mol. The molecule has 0 amide bonds. The molecule has 0 saturated heterocycles. The fourth-order valence-electron chi connectivity index (χ4n) is 5.80. The zero-order chi connectivity index (χ0) is 31.0. The molecule has 8 N–H and O–H groups in total. The molecule has 1 aliphatic rings. The van der Waals surface area contributed by atoms with Crippen LogP contribution in [0, 0.1) is 5.92 Å². The van der Waals surface area contributed by atoms with Crippen molar-refractivity contribution in [2.24, 2.45) is 5.92 Å². The molecule has 0 unspecified atom stereocenters. The molecule has 9 heteroatoms. The van der Waals surface area contributed by atoms with Gasteiger partial charge in [0, 0.05) is 53.1 Å². The first kappa shape index (κ1) is 28.9. The first-order valence-electron chi connectivity index (χ1n) is 13.4. The Labute approximate surface area is 246 Å². The molecule has 0 spiro atoms. The molecule has 0 saturated carbocycles. The van der Waals surface area contributed by atoms with E-state index < -0.39 is 29.3 Å². The van der Waals surface area contributed by atoms with Crippen molar-refractivity contribution in [2.75, 3.05) is 0 Å². The maximum Gasteiger partial charge on any atom is 0.171 e. The Balaban J connectivity index is 1.66. The molecule has 0 heterocycles. The molecule has 0 radical (unpaired) electrons. The van der Waals surface area contributed by atoms with Gasteiger partial charge in [0.2, 0.25) is 0 Å². The predicted molar refractivity (Wildman–Crippen MR) is 160 cm³/mol. The maximum atomic E-state index is 14.2. The van der Waals surface area contributed by atoms with Gasteiger partial charge in [0.15, 0.2) is 5.78 Å². The highest BCUT2D eigenvalue weighted by Crippen LogP contribution is 2.51. The van der Waals surface area contributed by atoms with Crippen molar-refractivity contribution < 1.29 is 45.6 Å². The van der Waals surface area contributed by atoms with Crippen LogP contribution in [0.4, 0.5) is 0 Å². The third-order valence-corrected chi connectivity index (χ3v) is 7.70. The van der Waals surface area contributed by atoms with Gasteiger partial charge in [-0.3, -0.25) is 4.79 Å². The second-order valence-electron chi connectivity index (χ2n) is 10.8. The largest absolute Gasteiger partial charge is 0.508 e. The lowest BCUT2D eigenvalue weighted by molar-refractivity contribution is 0.0877. The summed E-state index contributed by atoms with van der Waals surface area (Å²) in [5, 5.41) is 82.4. The van der Waals surface area contributed by atoms with Crippen LogP contribution < -0.4 is 0 Å². The molecule has 4 aromatic carbocycles. The number of ketones is 1. The van der Waals surface area contributed by atoms with Crippen LogP contribution in [-0.2, 0) is 0 Å². The fraction of sp³-hybridized carbons (Fsp3) is 0.147. The normalized spacial score (nSPS) is 18.4. The molecule has 0 aliphatic heterocycles. The average molecular weight is 583 g/mol. The number of hydrogen-bond donors (Lipinski definition) is 8. The lowest BCUT2D eigenvalue weighted by Crippen LogP contribution is -2.31. The second-order valence-corrected chi connectivity index (χ2v) is 10.8. The highest BCUT2D eigenvalue weighted by Gasteiger charge is 2.42. The zero-order valence-electron chi connectivity index (χ0n) is 23.0. The Kier molecular flexibility index (Phi) is 7.65. The smallest absolute Gasteiger partial charge is 0.171 e. The summed E-state index contributed by atoms with van der Waals surface area (Å²) >= 11 is 0. The van der Waals surface area contributed by atoms with Gasteiger partial charge in [0.1, 0.15) is 46.0 Å². The van der Waals surface area contributed by atoms with Crippen molar-refractivity contribution in [1.82, 2.24) is 0 Å². The van der Waals surface area contributed by atoms with E-state index in [2.05, 4.69) is 0 Å². The molecule has 0 aromatic heterocycles. The van der Waals surface area contributed by atoms with Gasteiger partial charge in [-0.25, -0.2) is 0 Å². The van der Waals surface area contributed by atoms with E-state index in [0.29, 0.717) is 17.5 Å². The van der Waals surface area contributed by atoms with Gasteiger partial charge in [-0.15, -0.1) is 0 Å². The quantitative estimate of drug-likeness (QED) is 0.0744. The van der Waals surface area contributed by atoms with Gasteiger partial charge in [-0.2, -0.15) is 0 Å². The van der Waals surface area contributed by atoms with Crippen LogP contribution in [0.2, 0.25) is 0 Å². The van der Waals surface area contributed by atoms with Crippen LogP contribution in [-0.4, -0.2) is 46.6 Å². The van der Waals surface area contributed by atoms with Crippen molar-refractivity contribution in [3.8, 4) is 46.0 Å². The number of carbonyl (C=O) groups excluding carboxylic acids is 1. The van der Waals surface area contributed by atoms with Gasteiger partial charge in [0.05, 0.1) is 5.56 Å². The summed E-state index contributed by atoms with van der Waals surface area (Å²) in [6.45, 7) is 1.85.